The van der Waals surface area contributed by atoms with Gasteiger partial charge in [-0.2, -0.15) is 0 Å². The molecule has 0 aromatic heterocycles. The summed E-state index contributed by atoms with van der Waals surface area (Å²) in [6.07, 6.45) is 1.73. The van der Waals surface area contributed by atoms with Gasteiger partial charge in [-0.25, -0.2) is 4.99 Å². The zero-order valence-electron chi connectivity index (χ0n) is 14.0. The van der Waals surface area contributed by atoms with Gasteiger partial charge in [0.2, 0.25) is 0 Å². The Kier molecular flexibility index (Phi) is 3.53. The molecule has 24 heavy (non-hydrogen) atoms. The second kappa shape index (κ2) is 5.71. The van der Waals surface area contributed by atoms with E-state index in [0.717, 1.165) is 52.7 Å². The van der Waals surface area contributed by atoms with Crippen LogP contribution in [0.2, 0.25) is 0 Å². The topological polar surface area (TPSA) is 50.9 Å². The highest BCUT2D eigenvalue weighted by atomic mass is 16.5. The summed E-state index contributed by atoms with van der Waals surface area (Å²) in [5, 5.41) is 0. The minimum atomic E-state index is -0.223. The third-order valence-corrected chi connectivity index (χ3v) is 4.68. The molecule has 0 saturated carbocycles. The number of rotatable bonds is 3. The van der Waals surface area contributed by atoms with E-state index in [0.29, 0.717) is 0 Å². The number of ether oxygens (including phenoxy) is 1. The van der Waals surface area contributed by atoms with Crippen LogP contribution in [0.3, 0.4) is 0 Å². The van der Waals surface area contributed by atoms with Crippen molar-refractivity contribution in [2.75, 3.05) is 18.0 Å². The van der Waals surface area contributed by atoms with Gasteiger partial charge in [-0.3, -0.25) is 0 Å². The molecular weight excluding hydrogens is 298 g/mol. The summed E-state index contributed by atoms with van der Waals surface area (Å²) in [5.41, 5.74) is 12.0. The molecule has 4 nitrogen and oxygen atoms in total. The molecule has 2 N–H and O–H groups in total. The van der Waals surface area contributed by atoms with E-state index in [1.165, 1.54) is 0 Å². The van der Waals surface area contributed by atoms with E-state index < -0.39 is 0 Å². The smallest absolute Gasteiger partial charge is 0.162 e. The second-order valence-electron chi connectivity index (χ2n) is 6.03. The Morgan fingerprint density at radius 1 is 1.08 bits per heavy atom. The highest BCUT2D eigenvalue weighted by molar-refractivity contribution is 6.13. The van der Waals surface area contributed by atoms with Crippen molar-refractivity contribution < 1.29 is 4.74 Å². The Morgan fingerprint density at radius 3 is 2.58 bits per heavy atom. The zero-order chi connectivity index (χ0) is 16.7. The monoisotopic (exact) mass is 319 g/mol. The summed E-state index contributed by atoms with van der Waals surface area (Å²) in [6, 6.07) is 14.3. The fraction of sp³-hybridized carbons (Fsp3) is 0.250. The van der Waals surface area contributed by atoms with Gasteiger partial charge in [0, 0.05) is 41.7 Å². The van der Waals surface area contributed by atoms with Crippen LogP contribution < -0.4 is 15.4 Å². The molecule has 1 unspecified atom stereocenters. The van der Waals surface area contributed by atoms with Crippen LogP contribution >= 0.6 is 0 Å². The van der Waals surface area contributed by atoms with Crippen molar-refractivity contribution in [2.45, 2.75) is 20.0 Å². The lowest BCUT2D eigenvalue weighted by atomic mass is 9.90. The average molecular weight is 319 g/mol. The second-order valence-corrected chi connectivity index (χ2v) is 6.03. The van der Waals surface area contributed by atoms with E-state index in [4.69, 9.17) is 15.5 Å². The first-order valence-corrected chi connectivity index (χ1v) is 8.42. The number of nitrogens with zero attached hydrogens (tertiary/aromatic N) is 2. The summed E-state index contributed by atoms with van der Waals surface area (Å²) in [4.78, 5) is 7.16. The van der Waals surface area contributed by atoms with E-state index in [1.54, 1.807) is 0 Å². The summed E-state index contributed by atoms with van der Waals surface area (Å²) >= 11 is 0. The largest absolute Gasteiger partial charge is 0.478 e. The molecule has 4 heteroatoms. The first-order valence-electron chi connectivity index (χ1n) is 8.42. The van der Waals surface area contributed by atoms with Crippen LogP contribution in [-0.4, -0.2) is 24.9 Å². The number of hydrogen-bond acceptors (Lipinski definition) is 4. The van der Waals surface area contributed by atoms with Gasteiger partial charge >= 0.3 is 0 Å². The van der Waals surface area contributed by atoms with Gasteiger partial charge in [-0.15, -0.1) is 0 Å². The van der Waals surface area contributed by atoms with Gasteiger partial charge in [0.1, 0.15) is 11.4 Å². The standard InChI is InChI=1S/C20H21N3O/c1-3-23(4-2)13-9-10-17-18(11-13)24-19-12-16(21)14-7-5-6-8-15(14)20(19)22-17/h5-12,19H,3-4,21H2,1-2H3. The first kappa shape index (κ1) is 14.8. The molecule has 2 aromatic carbocycles. The lowest BCUT2D eigenvalue weighted by Crippen LogP contribution is -2.33. The van der Waals surface area contributed by atoms with Gasteiger partial charge in [0.05, 0.1) is 5.71 Å². The number of benzene rings is 2. The fourth-order valence-electron chi connectivity index (χ4n) is 3.40. The van der Waals surface area contributed by atoms with E-state index in [9.17, 15) is 0 Å². The van der Waals surface area contributed by atoms with Crippen LogP contribution in [0.25, 0.3) is 5.70 Å². The molecule has 1 aliphatic carbocycles. The van der Waals surface area contributed by atoms with Gasteiger partial charge < -0.3 is 15.4 Å². The molecule has 2 aromatic rings. The van der Waals surface area contributed by atoms with Crippen molar-refractivity contribution in [2.24, 2.45) is 10.7 Å². The van der Waals surface area contributed by atoms with Crippen molar-refractivity contribution in [3.8, 4) is 5.75 Å². The molecule has 2 aliphatic rings. The molecule has 0 saturated heterocycles. The summed E-state index contributed by atoms with van der Waals surface area (Å²) < 4.78 is 6.23. The fourth-order valence-corrected chi connectivity index (χ4v) is 3.40. The number of aliphatic imine (C=N–C) groups is 1. The number of hydrogen-bond donors (Lipinski definition) is 1. The quantitative estimate of drug-likeness (QED) is 0.938. The normalized spacial score (nSPS) is 17.7. The number of anilines is 1. The Morgan fingerprint density at radius 2 is 1.83 bits per heavy atom. The summed E-state index contributed by atoms with van der Waals surface area (Å²) in [7, 11) is 0. The summed E-state index contributed by atoms with van der Waals surface area (Å²) in [6.45, 7) is 6.24. The third kappa shape index (κ3) is 2.26. The number of nitrogens with two attached hydrogens (primary N) is 1. The van der Waals surface area contributed by atoms with Crippen molar-refractivity contribution in [3.63, 3.8) is 0 Å². The first-order chi connectivity index (χ1) is 11.7. The molecule has 0 amide bonds. The van der Waals surface area contributed by atoms with Gasteiger partial charge in [0.15, 0.2) is 6.10 Å². The van der Waals surface area contributed by atoms with Crippen LogP contribution in [0.5, 0.6) is 5.75 Å². The van der Waals surface area contributed by atoms with Crippen molar-refractivity contribution in [1.29, 1.82) is 0 Å². The molecule has 1 heterocycles. The molecule has 122 valence electrons. The third-order valence-electron chi connectivity index (χ3n) is 4.68. The zero-order valence-corrected chi connectivity index (χ0v) is 14.0. The minimum Gasteiger partial charge on any atom is -0.478 e. The van der Waals surface area contributed by atoms with E-state index in [-0.39, 0.29) is 6.10 Å². The van der Waals surface area contributed by atoms with Gasteiger partial charge in [0.25, 0.3) is 0 Å². The Labute approximate surface area is 142 Å². The highest BCUT2D eigenvalue weighted by Gasteiger charge is 2.30. The van der Waals surface area contributed by atoms with Crippen LogP contribution in [0, 0.1) is 0 Å². The Balaban J connectivity index is 1.80. The van der Waals surface area contributed by atoms with Crippen molar-refractivity contribution >= 4 is 22.8 Å². The maximum absolute atomic E-state index is 6.23. The van der Waals surface area contributed by atoms with Gasteiger partial charge in [-0.1, -0.05) is 24.3 Å². The molecule has 0 radical (unpaired) electrons. The van der Waals surface area contributed by atoms with Crippen molar-refractivity contribution in [1.82, 2.24) is 0 Å². The van der Waals surface area contributed by atoms with E-state index >= 15 is 0 Å². The number of fused-ring (bicyclic) bond motifs is 4. The maximum atomic E-state index is 6.23. The predicted octanol–water partition coefficient (Wildman–Crippen LogP) is 3.73. The SMILES string of the molecule is CCN(CC)c1ccc2c(c1)OC1C=C(N)c3ccccc3C1=N2. The van der Waals surface area contributed by atoms with Gasteiger partial charge in [-0.05, 0) is 32.1 Å². The molecule has 1 aliphatic heterocycles. The van der Waals surface area contributed by atoms with Crippen LogP contribution in [0.1, 0.15) is 25.0 Å². The predicted molar refractivity (Wildman–Crippen MR) is 99.2 cm³/mol. The van der Waals surface area contributed by atoms with E-state index in [2.05, 4.69) is 36.9 Å². The van der Waals surface area contributed by atoms with Crippen LogP contribution in [0.15, 0.2) is 53.5 Å². The Hall–Kier alpha value is -2.75. The Bertz CT molecular complexity index is 850. The highest BCUT2D eigenvalue weighted by Crippen LogP contribution is 2.39. The lowest BCUT2D eigenvalue weighted by Gasteiger charge is -2.30. The summed E-state index contributed by atoms with van der Waals surface area (Å²) in [5.74, 6) is 0.816. The molecule has 4 rings (SSSR count). The molecule has 1 atom stereocenters. The molecule has 0 bridgehead atoms. The maximum Gasteiger partial charge on any atom is 0.162 e. The molecule has 0 fully saturated rings. The van der Waals surface area contributed by atoms with Crippen LogP contribution in [-0.2, 0) is 0 Å². The minimum absolute atomic E-state index is 0.223. The van der Waals surface area contributed by atoms with Crippen LogP contribution in [0.4, 0.5) is 11.4 Å². The molecule has 0 spiro atoms. The van der Waals surface area contributed by atoms with E-state index in [1.807, 2.05) is 30.3 Å². The molecular formula is C20H21N3O. The van der Waals surface area contributed by atoms with Crippen molar-refractivity contribution in [3.05, 3.63) is 59.7 Å². The lowest BCUT2D eigenvalue weighted by molar-refractivity contribution is 0.308. The average Bonchev–Trinajstić information content (AvgIpc) is 2.62.